The van der Waals surface area contributed by atoms with Crippen molar-refractivity contribution in [1.82, 2.24) is 19.8 Å². The molecule has 6 nitrogen and oxygen atoms in total. The molecular formula is C18H19N5O. The van der Waals surface area contributed by atoms with Crippen LogP contribution in [0, 0.1) is 0 Å². The van der Waals surface area contributed by atoms with E-state index in [1.165, 1.54) is 0 Å². The van der Waals surface area contributed by atoms with Crippen LogP contribution in [0.25, 0.3) is 17.0 Å². The summed E-state index contributed by atoms with van der Waals surface area (Å²) in [6.07, 6.45) is 3.02. The van der Waals surface area contributed by atoms with Gasteiger partial charge in [-0.05, 0) is 18.6 Å². The van der Waals surface area contributed by atoms with Gasteiger partial charge in [0.25, 0.3) is 0 Å². The third kappa shape index (κ3) is 2.76. The Balaban J connectivity index is 1.63. The van der Waals surface area contributed by atoms with Crippen LogP contribution in [0.3, 0.4) is 0 Å². The smallest absolute Gasteiger partial charge is 0.185 e. The van der Waals surface area contributed by atoms with Crippen LogP contribution >= 0.6 is 0 Å². The van der Waals surface area contributed by atoms with Crippen LogP contribution in [0.4, 0.5) is 5.82 Å². The predicted octanol–water partition coefficient (Wildman–Crippen LogP) is 2.57. The SMILES string of the molecule is C=CCOC1CCN(c2ccc3nnc(-c4ccccc4)n3n2)C1. The molecule has 122 valence electrons. The van der Waals surface area contributed by atoms with E-state index in [0.29, 0.717) is 6.61 Å². The predicted molar refractivity (Wildman–Crippen MR) is 93.0 cm³/mol. The number of fused-ring (bicyclic) bond motifs is 1. The maximum atomic E-state index is 5.75. The molecule has 3 aromatic rings. The van der Waals surface area contributed by atoms with Gasteiger partial charge in [0.2, 0.25) is 0 Å². The molecule has 4 rings (SSSR count). The number of aromatic nitrogens is 4. The molecular weight excluding hydrogens is 302 g/mol. The lowest BCUT2D eigenvalue weighted by molar-refractivity contribution is 0.0909. The van der Waals surface area contributed by atoms with E-state index >= 15 is 0 Å². The molecule has 3 heterocycles. The van der Waals surface area contributed by atoms with Crippen LogP contribution in [0.2, 0.25) is 0 Å². The van der Waals surface area contributed by atoms with E-state index in [2.05, 4.69) is 21.7 Å². The Morgan fingerprint density at radius 1 is 1.17 bits per heavy atom. The van der Waals surface area contributed by atoms with Gasteiger partial charge in [-0.1, -0.05) is 36.4 Å². The molecule has 0 aliphatic carbocycles. The highest BCUT2D eigenvalue weighted by Gasteiger charge is 2.24. The largest absolute Gasteiger partial charge is 0.372 e. The van der Waals surface area contributed by atoms with Crippen molar-refractivity contribution in [3.8, 4) is 11.4 Å². The Morgan fingerprint density at radius 3 is 2.88 bits per heavy atom. The zero-order valence-electron chi connectivity index (χ0n) is 13.4. The summed E-state index contributed by atoms with van der Waals surface area (Å²) in [5.74, 6) is 1.68. The Bertz CT molecular complexity index is 845. The van der Waals surface area contributed by atoms with E-state index in [1.54, 1.807) is 6.08 Å². The molecule has 0 radical (unpaired) electrons. The molecule has 0 saturated carbocycles. The van der Waals surface area contributed by atoms with Gasteiger partial charge in [0.05, 0.1) is 12.7 Å². The topological polar surface area (TPSA) is 55.5 Å². The lowest BCUT2D eigenvalue weighted by atomic mass is 10.2. The van der Waals surface area contributed by atoms with Gasteiger partial charge in [0.15, 0.2) is 11.5 Å². The number of hydrogen-bond donors (Lipinski definition) is 0. The Hall–Kier alpha value is -2.73. The monoisotopic (exact) mass is 321 g/mol. The summed E-state index contributed by atoms with van der Waals surface area (Å²) in [4.78, 5) is 2.24. The summed E-state index contributed by atoms with van der Waals surface area (Å²) in [7, 11) is 0. The number of nitrogens with zero attached hydrogens (tertiary/aromatic N) is 5. The maximum Gasteiger partial charge on any atom is 0.185 e. The molecule has 0 bridgehead atoms. The quantitative estimate of drug-likeness (QED) is 0.676. The van der Waals surface area contributed by atoms with E-state index in [0.717, 1.165) is 42.4 Å². The van der Waals surface area contributed by atoms with E-state index in [-0.39, 0.29) is 6.10 Å². The second-order valence-corrected chi connectivity index (χ2v) is 5.83. The molecule has 24 heavy (non-hydrogen) atoms. The lowest BCUT2D eigenvalue weighted by Gasteiger charge is -2.17. The zero-order chi connectivity index (χ0) is 16.4. The molecule has 0 amide bonds. The molecule has 1 fully saturated rings. The molecule has 0 N–H and O–H groups in total. The van der Waals surface area contributed by atoms with E-state index < -0.39 is 0 Å². The van der Waals surface area contributed by atoms with Crippen LogP contribution in [0.15, 0.2) is 55.1 Å². The first-order chi connectivity index (χ1) is 11.8. The molecule has 1 aliphatic rings. The Morgan fingerprint density at radius 2 is 2.04 bits per heavy atom. The molecule has 1 aromatic carbocycles. The van der Waals surface area contributed by atoms with Gasteiger partial charge in [-0.2, -0.15) is 4.52 Å². The van der Waals surface area contributed by atoms with Crippen LogP contribution < -0.4 is 4.90 Å². The van der Waals surface area contributed by atoms with Crippen molar-refractivity contribution >= 4 is 11.5 Å². The first-order valence-corrected chi connectivity index (χ1v) is 8.10. The fourth-order valence-corrected chi connectivity index (χ4v) is 2.99. The minimum absolute atomic E-state index is 0.231. The van der Waals surface area contributed by atoms with Gasteiger partial charge >= 0.3 is 0 Å². The highest BCUT2D eigenvalue weighted by atomic mass is 16.5. The van der Waals surface area contributed by atoms with Gasteiger partial charge in [0, 0.05) is 18.7 Å². The summed E-state index contributed by atoms with van der Waals surface area (Å²) in [6, 6.07) is 13.9. The summed E-state index contributed by atoms with van der Waals surface area (Å²) in [5, 5.41) is 13.2. The third-order valence-electron chi connectivity index (χ3n) is 4.20. The van der Waals surface area contributed by atoms with Crippen LogP contribution in [0.5, 0.6) is 0 Å². The number of hydrogen-bond acceptors (Lipinski definition) is 5. The first kappa shape index (κ1) is 14.8. The van der Waals surface area contributed by atoms with Gasteiger partial charge in [0.1, 0.15) is 5.82 Å². The Kier molecular flexibility index (Phi) is 3.96. The van der Waals surface area contributed by atoms with E-state index in [9.17, 15) is 0 Å². The number of benzene rings is 1. The molecule has 0 spiro atoms. The maximum absolute atomic E-state index is 5.75. The number of rotatable bonds is 5. The summed E-state index contributed by atoms with van der Waals surface area (Å²) in [6.45, 7) is 6.07. The average Bonchev–Trinajstić information content (AvgIpc) is 3.27. The number of ether oxygens (including phenoxy) is 1. The second-order valence-electron chi connectivity index (χ2n) is 5.83. The first-order valence-electron chi connectivity index (χ1n) is 8.10. The summed E-state index contributed by atoms with van der Waals surface area (Å²) in [5.41, 5.74) is 1.75. The van der Waals surface area contributed by atoms with Crippen molar-refractivity contribution < 1.29 is 4.74 Å². The van der Waals surface area contributed by atoms with Gasteiger partial charge in [-0.15, -0.1) is 21.9 Å². The molecule has 1 saturated heterocycles. The van der Waals surface area contributed by atoms with Gasteiger partial charge in [-0.3, -0.25) is 0 Å². The van der Waals surface area contributed by atoms with Gasteiger partial charge in [-0.25, -0.2) is 0 Å². The van der Waals surface area contributed by atoms with Crippen LogP contribution in [-0.2, 0) is 4.74 Å². The fraction of sp³-hybridized carbons (Fsp3) is 0.278. The average molecular weight is 321 g/mol. The molecule has 1 atom stereocenters. The lowest BCUT2D eigenvalue weighted by Crippen LogP contribution is -2.24. The molecule has 1 unspecified atom stereocenters. The van der Waals surface area contributed by atoms with Crippen molar-refractivity contribution in [2.24, 2.45) is 0 Å². The normalized spacial score (nSPS) is 17.5. The standard InChI is InChI=1S/C18H19N5O/c1-2-12-24-15-10-11-22(13-15)17-9-8-16-19-20-18(23(16)21-17)14-6-4-3-5-7-14/h2-9,15H,1,10-13H2. The highest BCUT2D eigenvalue weighted by molar-refractivity contribution is 5.59. The Labute approximate surface area is 140 Å². The highest BCUT2D eigenvalue weighted by Crippen LogP contribution is 2.22. The van der Waals surface area contributed by atoms with Gasteiger partial charge < -0.3 is 9.64 Å². The minimum Gasteiger partial charge on any atom is -0.372 e. The molecule has 6 heteroatoms. The summed E-state index contributed by atoms with van der Waals surface area (Å²) >= 11 is 0. The zero-order valence-corrected chi connectivity index (χ0v) is 13.4. The van der Waals surface area contributed by atoms with E-state index in [1.807, 2.05) is 47.0 Å². The van der Waals surface area contributed by atoms with Crippen LogP contribution in [-0.4, -0.2) is 45.6 Å². The van der Waals surface area contributed by atoms with Crippen molar-refractivity contribution in [3.05, 3.63) is 55.1 Å². The fourth-order valence-electron chi connectivity index (χ4n) is 2.99. The van der Waals surface area contributed by atoms with Crippen molar-refractivity contribution in [2.45, 2.75) is 12.5 Å². The van der Waals surface area contributed by atoms with Crippen molar-refractivity contribution in [2.75, 3.05) is 24.6 Å². The third-order valence-corrected chi connectivity index (χ3v) is 4.20. The number of anilines is 1. The van der Waals surface area contributed by atoms with Crippen molar-refractivity contribution in [3.63, 3.8) is 0 Å². The second kappa shape index (κ2) is 6.41. The van der Waals surface area contributed by atoms with E-state index in [4.69, 9.17) is 9.84 Å². The minimum atomic E-state index is 0.231. The summed E-state index contributed by atoms with van der Waals surface area (Å²) < 4.78 is 7.56. The van der Waals surface area contributed by atoms with Crippen molar-refractivity contribution in [1.29, 1.82) is 0 Å². The molecule has 1 aliphatic heterocycles. The van der Waals surface area contributed by atoms with Crippen LogP contribution in [0.1, 0.15) is 6.42 Å². The molecule has 2 aromatic heterocycles.